The standard InChI is InChI=1S/C21H22F3N5O3S/c1-2-28(13-27-12-15(23)10-20(27)16-9-14(22)6-7-18(16)24)33(31,32)26-21(30)17-11-25-29-8-4-3-5-19(17)29/h3-9,11,15,20H,2,10,12-13H2,1H3,(H,26,30)/t15-,20+/m0/s1. The van der Waals surface area contributed by atoms with Crippen molar-refractivity contribution in [3.05, 3.63) is 71.6 Å². The molecule has 33 heavy (non-hydrogen) atoms. The Morgan fingerprint density at radius 3 is 2.82 bits per heavy atom. The van der Waals surface area contributed by atoms with E-state index in [2.05, 4.69) is 5.10 Å². The van der Waals surface area contributed by atoms with Crippen LogP contribution in [0, 0.1) is 11.6 Å². The van der Waals surface area contributed by atoms with E-state index in [1.54, 1.807) is 31.3 Å². The van der Waals surface area contributed by atoms with Gasteiger partial charge in [-0.1, -0.05) is 13.0 Å². The predicted octanol–water partition coefficient (Wildman–Crippen LogP) is 2.65. The zero-order chi connectivity index (χ0) is 23.8. The first-order valence-corrected chi connectivity index (χ1v) is 11.7. The van der Waals surface area contributed by atoms with Crippen molar-refractivity contribution in [2.75, 3.05) is 19.8 Å². The van der Waals surface area contributed by atoms with E-state index in [0.29, 0.717) is 5.52 Å². The lowest BCUT2D eigenvalue weighted by Gasteiger charge is -2.30. The molecule has 1 aliphatic rings. The van der Waals surface area contributed by atoms with Gasteiger partial charge in [-0.2, -0.15) is 17.8 Å². The van der Waals surface area contributed by atoms with Crippen LogP contribution in [0.4, 0.5) is 13.2 Å². The lowest BCUT2D eigenvalue weighted by molar-refractivity contribution is 0.0978. The number of likely N-dealkylation sites (tertiary alicyclic amines) is 1. The number of pyridine rings is 1. The van der Waals surface area contributed by atoms with Crippen molar-refractivity contribution in [2.24, 2.45) is 0 Å². The number of aromatic nitrogens is 2. The van der Waals surface area contributed by atoms with Gasteiger partial charge < -0.3 is 0 Å². The third-order valence-corrected chi connectivity index (χ3v) is 7.09. The normalized spacial score (nSPS) is 19.4. The molecule has 0 spiro atoms. The summed E-state index contributed by atoms with van der Waals surface area (Å²) >= 11 is 0. The summed E-state index contributed by atoms with van der Waals surface area (Å²) in [6, 6.07) is 7.08. The second-order valence-corrected chi connectivity index (χ2v) is 9.39. The van der Waals surface area contributed by atoms with E-state index in [1.807, 2.05) is 4.72 Å². The van der Waals surface area contributed by atoms with Gasteiger partial charge in [-0.25, -0.2) is 22.4 Å². The summed E-state index contributed by atoms with van der Waals surface area (Å²) in [5, 5.41) is 4.02. The fourth-order valence-electron chi connectivity index (χ4n) is 3.99. The Morgan fingerprint density at radius 2 is 2.06 bits per heavy atom. The average molecular weight is 482 g/mol. The molecule has 3 aromatic rings. The molecule has 0 saturated carbocycles. The Hall–Kier alpha value is -2.96. The number of fused-ring (bicyclic) bond motifs is 1. The van der Waals surface area contributed by atoms with E-state index >= 15 is 0 Å². The molecule has 1 aromatic carbocycles. The van der Waals surface area contributed by atoms with Crippen LogP contribution in [0.25, 0.3) is 5.52 Å². The molecule has 1 saturated heterocycles. The van der Waals surface area contributed by atoms with Crippen LogP contribution >= 0.6 is 0 Å². The van der Waals surface area contributed by atoms with Crippen molar-refractivity contribution < 1.29 is 26.4 Å². The molecule has 1 amide bonds. The number of benzene rings is 1. The maximum atomic E-state index is 14.3. The molecule has 2 atom stereocenters. The molecule has 1 aliphatic heterocycles. The zero-order valence-corrected chi connectivity index (χ0v) is 18.5. The molecule has 0 radical (unpaired) electrons. The highest BCUT2D eigenvalue weighted by molar-refractivity contribution is 7.87. The molecule has 1 N–H and O–H groups in total. The van der Waals surface area contributed by atoms with E-state index in [9.17, 15) is 26.4 Å². The topological polar surface area (TPSA) is 87.0 Å². The SMILES string of the molecule is CCN(CN1C[C@@H](F)C[C@@H]1c1cc(F)ccc1F)S(=O)(=O)NC(=O)c1cnn2ccccc12. The molecular weight excluding hydrogens is 459 g/mol. The number of hydrogen-bond donors (Lipinski definition) is 1. The van der Waals surface area contributed by atoms with Gasteiger partial charge in [-0.15, -0.1) is 0 Å². The molecule has 4 rings (SSSR count). The van der Waals surface area contributed by atoms with Crippen LogP contribution in [-0.2, 0) is 10.2 Å². The first kappa shape index (κ1) is 23.2. The molecule has 0 bridgehead atoms. The highest BCUT2D eigenvalue weighted by Crippen LogP contribution is 2.35. The Kier molecular flexibility index (Phi) is 6.41. The Morgan fingerprint density at radius 1 is 1.27 bits per heavy atom. The summed E-state index contributed by atoms with van der Waals surface area (Å²) in [5.74, 6) is -2.24. The van der Waals surface area contributed by atoms with Gasteiger partial charge in [0.05, 0.1) is 23.9 Å². The molecule has 2 aromatic heterocycles. The number of carbonyl (C=O) groups is 1. The van der Waals surface area contributed by atoms with Crippen molar-refractivity contribution in [2.45, 2.75) is 25.6 Å². The highest BCUT2D eigenvalue weighted by Gasteiger charge is 2.37. The van der Waals surface area contributed by atoms with Crippen LogP contribution in [0.15, 0.2) is 48.8 Å². The van der Waals surface area contributed by atoms with E-state index in [-0.39, 0.29) is 37.3 Å². The van der Waals surface area contributed by atoms with E-state index in [4.69, 9.17) is 0 Å². The molecule has 3 heterocycles. The second-order valence-electron chi connectivity index (χ2n) is 7.72. The Bertz CT molecular complexity index is 1280. The van der Waals surface area contributed by atoms with Crippen LogP contribution in [-0.4, -0.2) is 59.1 Å². The molecule has 12 heteroatoms. The van der Waals surface area contributed by atoms with E-state index < -0.39 is 40.0 Å². The van der Waals surface area contributed by atoms with E-state index in [1.165, 1.54) is 15.6 Å². The minimum absolute atomic E-state index is 0.0385. The smallest absolute Gasteiger partial charge is 0.279 e. The van der Waals surface area contributed by atoms with Gasteiger partial charge in [-0.3, -0.25) is 9.69 Å². The molecule has 8 nitrogen and oxygen atoms in total. The molecule has 0 unspecified atom stereocenters. The number of halogens is 3. The van der Waals surface area contributed by atoms with Crippen molar-refractivity contribution in [1.82, 2.24) is 23.5 Å². The first-order chi connectivity index (χ1) is 15.7. The van der Waals surface area contributed by atoms with E-state index in [0.717, 1.165) is 22.5 Å². The second kappa shape index (κ2) is 9.12. The van der Waals surface area contributed by atoms with Crippen molar-refractivity contribution in [3.63, 3.8) is 0 Å². The predicted molar refractivity (Wildman–Crippen MR) is 114 cm³/mol. The van der Waals surface area contributed by atoms with Crippen LogP contribution in [0.5, 0.6) is 0 Å². The Balaban J connectivity index is 1.54. The van der Waals surface area contributed by atoms with Gasteiger partial charge in [0.15, 0.2) is 0 Å². The van der Waals surface area contributed by atoms with Gasteiger partial charge in [0.25, 0.3) is 5.91 Å². The summed E-state index contributed by atoms with van der Waals surface area (Å²) in [7, 11) is -4.33. The van der Waals surface area contributed by atoms with Gasteiger partial charge in [0.2, 0.25) is 0 Å². The molecule has 1 fully saturated rings. The minimum Gasteiger partial charge on any atom is -0.279 e. The van der Waals surface area contributed by atoms with Gasteiger partial charge in [0.1, 0.15) is 17.8 Å². The maximum Gasteiger partial charge on any atom is 0.305 e. The fourth-order valence-corrected chi connectivity index (χ4v) is 5.11. The zero-order valence-electron chi connectivity index (χ0n) is 17.7. The quantitative estimate of drug-likeness (QED) is 0.561. The van der Waals surface area contributed by atoms with Gasteiger partial charge in [0, 0.05) is 30.9 Å². The number of rotatable bonds is 7. The molecule has 0 aliphatic carbocycles. The molecular formula is C21H22F3N5O3S. The number of hydrogen-bond acceptors (Lipinski definition) is 5. The summed E-state index contributed by atoms with van der Waals surface area (Å²) in [6.45, 7) is 1.05. The summed E-state index contributed by atoms with van der Waals surface area (Å²) < 4.78 is 72.5. The Labute approximate surface area is 188 Å². The summed E-state index contributed by atoms with van der Waals surface area (Å²) in [4.78, 5) is 14.1. The molecule has 176 valence electrons. The van der Waals surface area contributed by atoms with Gasteiger partial charge in [-0.05, 0) is 36.8 Å². The average Bonchev–Trinajstić information content (AvgIpc) is 3.36. The third kappa shape index (κ3) is 4.72. The van der Waals surface area contributed by atoms with Crippen LogP contribution in [0.1, 0.15) is 35.3 Å². The lowest BCUT2D eigenvalue weighted by Crippen LogP contribution is -2.48. The van der Waals surface area contributed by atoms with Gasteiger partial charge >= 0.3 is 10.2 Å². The van der Waals surface area contributed by atoms with Crippen molar-refractivity contribution >= 4 is 21.6 Å². The summed E-state index contributed by atoms with van der Waals surface area (Å²) in [5.41, 5.74) is 0.452. The number of carbonyl (C=O) groups excluding carboxylic acids is 1. The number of amides is 1. The highest BCUT2D eigenvalue weighted by atomic mass is 32.2. The number of nitrogens with one attached hydrogen (secondary N) is 1. The lowest BCUT2D eigenvalue weighted by atomic mass is 10.0. The third-order valence-electron chi connectivity index (χ3n) is 5.59. The monoisotopic (exact) mass is 481 g/mol. The van der Waals surface area contributed by atoms with Crippen LogP contribution < -0.4 is 4.72 Å². The fraction of sp³-hybridized carbons (Fsp3) is 0.333. The van der Waals surface area contributed by atoms with Crippen molar-refractivity contribution in [3.8, 4) is 0 Å². The largest absolute Gasteiger partial charge is 0.305 e. The number of nitrogens with zero attached hydrogens (tertiary/aromatic N) is 4. The first-order valence-electron chi connectivity index (χ1n) is 10.3. The van der Waals surface area contributed by atoms with Crippen LogP contribution in [0.3, 0.4) is 0 Å². The van der Waals surface area contributed by atoms with Crippen molar-refractivity contribution in [1.29, 1.82) is 0 Å². The minimum atomic E-state index is -4.33. The van der Waals surface area contributed by atoms with Crippen LogP contribution in [0.2, 0.25) is 0 Å². The maximum absolute atomic E-state index is 14.3. The summed E-state index contributed by atoms with van der Waals surface area (Å²) in [6.07, 6.45) is 1.43. The number of alkyl halides is 1.